The Bertz CT molecular complexity index is 558. The molecule has 0 bridgehead atoms. The van der Waals surface area contributed by atoms with Gasteiger partial charge in [-0.05, 0) is 30.9 Å². The molecule has 0 fully saturated rings. The van der Waals surface area contributed by atoms with Crippen LogP contribution in [0.25, 0.3) is 0 Å². The van der Waals surface area contributed by atoms with Crippen LogP contribution in [0.4, 0.5) is 0 Å². The molecule has 0 aliphatic heterocycles. The maximum absolute atomic E-state index is 12.2. The van der Waals surface area contributed by atoms with Gasteiger partial charge in [0.1, 0.15) is 6.10 Å². The van der Waals surface area contributed by atoms with E-state index in [1.165, 1.54) is 0 Å². The lowest BCUT2D eigenvalue weighted by atomic mass is 9.99. The summed E-state index contributed by atoms with van der Waals surface area (Å²) in [5.74, 6) is -0.267. The van der Waals surface area contributed by atoms with Crippen molar-refractivity contribution in [2.75, 3.05) is 6.26 Å². The van der Waals surface area contributed by atoms with Crippen LogP contribution < -0.4 is 0 Å². The van der Waals surface area contributed by atoms with E-state index >= 15 is 0 Å². The molecule has 0 aliphatic carbocycles. The van der Waals surface area contributed by atoms with Crippen LogP contribution in [-0.2, 0) is 0 Å². The fourth-order valence-corrected chi connectivity index (χ4v) is 2.22. The molecule has 98 valence electrons. The van der Waals surface area contributed by atoms with E-state index < -0.39 is 6.10 Å². The first-order valence-corrected chi connectivity index (χ1v) is 7.27. The lowest BCUT2D eigenvalue weighted by Crippen LogP contribution is -2.12. The number of ketones is 1. The second-order valence-electron chi connectivity index (χ2n) is 4.41. The molecule has 0 radical (unpaired) electrons. The van der Waals surface area contributed by atoms with E-state index in [4.69, 9.17) is 0 Å². The van der Waals surface area contributed by atoms with Crippen LogP contribution in [0.2, 0.25) is 0 Å². The van der Waals surface area contributed by atoms with Crippen molar-refractivity contribution in [2.45, 2.75) is 17.9 Å². The largest absolute Gasteiger partial charge is 0.380 e. The normalized spacial score (nSPS) is 12.2. The third-order valence-corrected chi connectivity index (χ3v) is 3.76. The fourth-order valence-electron chi connectivity index (χ4n) is 1.81. The van der Waals surface area contributed by atoms with Gasteiger partial charge >= 0.3 is 0 Å². The van der Waals surface area contributed by atoms with Gasteiger partial charge in [-0.3, -0.25) is 4.79 Å². The number of Topliss-reactive ketones (excluding diaryl/α,β-unsaturated/α-hetero) is 1. The molecule has 2 aromatic carbocycles. The van der Waals surface area contributed by atoms with Crippen LogP contribution in [0.5, 0.6) is 0 Å². The molecule has 0 saturated heterocycles. The van der Waals surface area contributed by atoms with E-state index in [9.17, 15) is 9.90 Å². The second kappa shape index (κ2) is 6.04. The zero-order valence-electron chi connectivity index (χ0n) is 11.0. The summed E-state index contributed by atoms with van der Waals surface area (Å²) in [6.07, 6.45) is 0.890. The topological polar surface area (TPSA) is 37.3 Å². The van der Waals surface area contributed by atoms with Crippen molar-refractivity contribution in [3.8, 4) is 0 Å². The minimum absolute atomic E-state index is 0.267. The van der Waals surface area contributed by atoms with Crippen LogP contribution in [0.15, 0.2) is 53.4 Å². The summed E-state index contributed by atoms with van der Waals surface area (Å²) in [4.78, 5) is 13.3. The zero-order chi connectivity index (χ0) is 13.8. The van der Waals surface area contributed by atoms with Crippen molar-refractivity contribution in [1.29, 1.82) is 0 Å². The Kier molecular flexibility index (Phi) is 4.40. The molecule has 0 aromatic heterocycles. The number of rotatable bonds is 4. The molecular formula is C16H16O2S. The van der Waals surface area contributed by atoms with Gasteiger partial charge in [0.15, 0.2) is 5.78 Å². The highest BCUT2D eigenvalue weighted by Gasteiger charge is 2.18. The average molecular weight is 272 g/mol. The Hall–Kier alpha value is -1.58. The quantitative estimate of drug-likeness (QED) is 0.682. The molecule has 0 saturated carbocycles. The molecule has 1 atom stereocenters. The summed E-state index contributed by atoms with van der Waals surface area (Å²) in [5, 5.41) is 10.1. The number of carbonyl (C=O) groups is 1. The minimum atomic E-state index is -1.10. The highest BCUT2D eigenvalue weighted by molar-refractivity contribution is 7.98. The van der Waals surface area contributed by atoms with Gasteiger partial charge < -0.3 is 5.11 Å². The monoisotopic (exact) mass is 272 g/mol. The zero-order valence-corrected chi connectivity index (χ0v) is 11.8. The van der Waals surface area contributed by atoms with Gasteiger partial charge in [-0.15, -0.1) is 11.8 Å². The summed E-state index contributed by atoms with van der Waals surface area (Å²) < 4.78 is 0. The number of aryl methyl sites for hydroxylation is 1. The predicted octanol–water partition coefficient (Wildman–Crippen LogP) is 3.63. The molecule has 3 heteroatoms. The lowest BCUT2D eigenvalue weighted by molar-refractivity contribution is 0.0747. The van der Waals surface area contributed by atoms with Crippen molar-refractivity contribution >= 4 is 17.5 Å². The highest BCUT2D eigenvalue weighted by atomic mass is 32.2. The van der Waals surface area contributed by atoms with E-state index in [1.807, 2.05) is 37.4 Å². The summed E-state index contributed by atoms with van der Waals surface area (Å²) >= 11 is 1.63. The second-order valence-corrected chi connectivity index (χ2v) is 5.29. The van der Waals surface area contributed by atoms with Gasteiger partial charge in [-0.25, -0.2) is 0 Å². The molecule has 2 nitrogen and oxygen atoms in total. The van der Waals surface area contributed by atoms with Crippen LogP contribution in [0.1, 0.15) is 27.6 Å². The van der Waals surface area contributed by atoms with Crippen molar-refractivity contribution in [1.82, 2.24) is 0 Å². The smallest absolute Gasteiger partial charge is 0.195 e. The Morgan fingerprint density at radius 2 is 1.63 bits per heavy atom. The minimum Gasteiger partial charge on any atom is -0.380 e. The Balaban J connectivity index is 2.20. The summed E-state index contributed by atoms with van der Waals surface area (Å²) in [5.41, 5.74) is 2.26. The Morgan fingerprint density at radius 1 is 1.05 bits per heavy atom. The third kappa shape index (κ3) is 3.25. The standard InChI is InChI=1S/C16H16O2S/c1-11-3-5-12(6-4-11)15(17)16(18)13-7-9-14(19-2)10-8-13/h3-10,16,18H,1-2H3. The molecule has 1 N–H and O–H groups in total. The molecule has 0 amide bonds. The summed E-state index contributed by atoms with van der Waals surface area (Å²) in [6.45, 7) is 1.96. The third-order valence-electron chi connectivity index (χ3n) is 3.02. The van der Waals surface area contributed by atoms with Crippen LogP contribution in [0.3, 0.4) is 0 Å². The number of hydrogen-bond donors (Lipinski definition) is 1. The Morgan fingerprint density at radius 3 is 2.16 bits per heavy atom. The number of carbonyl (C=O) groups excluding carboxylic acids is 1. The predicted molar refractivity (Wildman–Crippen MR) is 78.7 cm³/mol. The molecule has 1 unspecified atom stereocenters. The fraction of sp³-hybridized carbons (Fsp3) is 0.188. The summed E-state index contributed by atoms with van der Waals surface area (Å²) in [6, 6.07) is 14.6. The van der Waals surface area contributed by atoms with E-state index in [0.29, 0.717) is 11.1 Å². The van der Waals surface area contributed by atoms with Gasteiger partial charge in [0.25, 0.3) is 0 Å². The molecule has 2 aromatic rings. The first-order chi connectivity index (χ1) is 9.11. The molecule has 0 spiro atoms. The van der Waals surface area contributed by atoms with Crippen LogP contribution >= 0.6 is 11.8 Å². The van der Waals surface area contributed by atoms with E-state index in [-0.39, 0.29) is 5.78 Å². The molecule has 0 heterocycles. The number of aliphatic hydroxyl groups is 1. The lowest BCUT2D eigenvalue weighted by Gasteiger charge is -2.10. The SMILES string of the molecule is CSc1ccc(C(O)C(=O)c2ccc(C)cc2)cc1. The van der Waals surface area contributed by atoms with Gasteiger partial charge in [-0.1, -0.05) is 42.0 Å². The van der Waals surface area contributed by atoms with Crippen molar-refractivity contribution in [3.63, 3.8) is 0 Å². The van der Waals surface area contributed by atoms with Crippen LogP contribution in [0, 0.1) is 6.92 Å². The Labute approximate surface area is 117 Å². The number of aliphatic hydroxyl groups excluding tert-OH is 1. The molecule has 0 aliphatic rings. The van der Waals surface area contributed by atoms with Crippen molar-refractivity contribution in [3.05, 3.63) is 65.2 Å². The molecule has 2 rings (SSSR count). The maximum Gasteiger partial charge on any atom is 0.195 e. The average Bonchev–Trinajstić information content (AvgIpc) is 2.46. The first-order valence-electron chi connectivity index (χ1n) is 6.04. The van der Waals surface area contributed by atoms with Gasteiger partial charge in [0.2, 0.25) is 0 Å². The van der Waals surface area contributed by atoms with E-state index in [0.717, 1.165) is 10.5 Å². The molecular weight excluding hydrogens is 256 g/mol. The van der Waals surface area contributed by atoms with Gasteiger partial charge in [-0.2, -0.15) is 0 Å². The number of benzene rings is 2. The number of hydrogen-bond acceptors (Lipinski definition) is 3. The summed E-state index contributed by atoms with van der Waals surface area (Å²) in [7, 11) is 0. The molecule has 19 heavy (non-hydrogen) atoms. The van der Waals surface area contributed by atoms with Crippen molar-refractivity contribution < 1.29 is 9.90 Å². The van der Waals surface area contributed by atoms with Gasteiger partial charge in [0, 0.05) is 10.5 Å². The van der Waals surface area contributed by atoms with Crippen molar-refractivity contribution in [2.24, 2.45) is 0 Å². The first kappa shape index (κ1) is 13.8. The maximum atomic E-state index is 12.2. The van der Waals surface area contributed by atoms with Gasteiger partial charge in [0.05, 0.1) is 0 Å². The number of thioether (sulfide) groups is 1. The highest BCUT2D eigenvalue weighted by Crippen LogP contribution is 2.22. The van der Waals surface area contributed by atoms with Crippen LogP contribution in [-0.4, -0.2) is 17.1 Å². The van der Waals surface area contributed by atoms with E-state index in [1.54, 1.807) is 36.0 Å². The van der Waals surface area contributed by atoms with E-state index in [2.05, 4.69) is 0 Å².